The highest BCUT2D eigenvalue weighted by atomic mass is 79.9. The molecule has 34 heavy (non-hydrogen) atoms. The van der Waals surface area contributed by atoms with Crippen LogP contribution in [-0.4, -0.2) is 27.0 Å². The second-order valence-electron chi connectivity index (χ2n) is 8.25. The number of rotatable bonds is 6. The molecule has 0 aliphatic heterocycles. The van der Waals surface area contributed by atoms with Gasteiger partial charge in [-0.1, -0.05) is 29.8 Å². The lowest BCUT2D eigenvalue weighted by molar-refractivity contribution is 0.368. The third-order valence-corrected chi connectivity index (χ3v) is 6.02. The molecule has 2 aromatic carbocycles. The molecule has 0 unspecified atom stereocenters. The number of aromatic nitrogens is 3. The molecule has 4 aromatic rings. The Balaban J connectivity index is 1.74. The molecule has 0 fully saturated rings. The largest absolute Gasteiger partial charge is 0.479 e. The molecule has 2 heterocycles. The summed E-state index contributed by atoms with van der Waals surface area (Å²) in [5, 5.41) is 13.8. The Morgan fingerprint density at radius 1 is 1.18 bits per heavy atom. The summed E-state index contributed by atoms with van der Waals surface area (Å²) in [6, 6.07) is 17.1. The van der Waals surface area contributed by atoms with Gasteiger partial charge in [0.05, 0.1) is 17.1 Å². The number of fused-ring (bicyclic) bond motifs is 1. The summed E-state index contributed by atoms with van der Waals surface area (Å²) >= 11 is 3.43. The summed E-state index contributed by atoms with van der Waals surface area (Å²) in [6.07, 6.45) is 1.71. The fourth-order valence-corrected chi connectivity index (χ4v) is 4.25. The van der Waals surface area contributed by atoms with Gasteiger partial charge in [-0.15, -0.1) is 0 Å². The number of benzene rings is 2. The summed E-state index contributed by atoms with van der Waals surface area (Å²) in [6.45, 7) is 8.03. The van der Waals surface area contributed by atoms with Crippen LogP contribution in [0.25, 0.3) is 16.6 Å². The van der Waals surface area contributed by atoms with E-state index in [1.54, 1.807) is 12.3 Å². The summed E-state index contributed by atoms with van der Waals surface area (Å²) in [5.41, 5.74) is 4.34. The molecule has 7 nitrogen and oxygen atoms in total. The van der Waals surface area contributed by atoms with Crippen molar-refractivity contribution < 1.29 is 4.74 Å². The molecule has 2 aromatic heterocycles. The van der Waals surface area contributed by atoms with Crippen molar-refractivity contribution in [2.24, 2.45) is 5.10 Å². The van der Waals surface area contributed by atoms with Gasteiger partial charge in [-0.2, -0.15) is 15.0 Å². The summed E-state index contributed by atoms with van der Waals surface area (Å²) in [7, 11) is 0. The topological polar surface area (TPSA) is 85.2 Å². The summed E-state index contributed by atoms with van der Waals surface area (Å²) in [5.74, 6) is 1.27. The van der Waals surface area contributed by atoms with Crippen LogP contribution < -0.4 is 10.3 Å². The van der Waals surface area contributed by atoms with E-state index in [0.29, 0.717) is 22.5 Å². The minimum absolute atomic E-state index is 0.0137. The predicted molar refractivity (Wildman–Crippen MR) is 137 cm³/mol. The SMILES string of the molecule is Cc1cc(C=Nn2c(C(C)C)nc3ccc(Br)cc3c2=O)c(C)n1-c1ccc(OCC#N)cc1. The third kappa shape index (κ3) is 4.52. The van der Waals surface area contributed by atoms with Crippen LogP contribution in [0.5, 0.6) is 5.75 Å². The molecule has 0 spiro atoms. The average molecular weight is 518 g/mol. The van der Waals surface area contributed by atoms with Crippen LogP contribution in [0.1, 0.15) is 42.5 Å². The Bertz CT molecular complexity index is 1490. The van der Waals surface area contributed by atoms with E-state index in [9.17, 15) is 4.79 Å². The second-order valence-corrected chi connectivity index (χ2v) is 9.17. The van der Waals surface area contributed by atoms with Crippen LogP contribution in [0.15, 0.2) is 62.9 Å². The summed E-state index contributed by atoms with van der Waals surface area (Å²) in [4.78, 5) is 18.0. The maximum Gasteiger partial charge on any atom is 0.282 e. The van der Waals surface area contributed by atoms with Gasteiger partial charge < -0.3 is 9.30 Å². The van der Waals surface area contributed by atoms with Gasteiger partial charge in [-0.05, 0) is 62.4 Å². The summed E-state index contributed by atoms with van der Waals surface area (Å²) < 4.78 is 9.67. The third-order valence-electron chi connectivity index (χ3n) is 5.53. The number of ether oxygens (including phenoxy) is 1. The number of hydrogen-bond acceptors (Lipinski definition) is 5. The molecular weight excluding hydrogens is 494 g/mol. The Morgan fingerprint density at radius 3 is 2.59 bits per heavy atom. The first-order valence-corrected chi connectivity index (χ1v) is 11.6. The normalized spacial score (nSPS) is 11.4. The minimum atomic E-state index is -0.201. The van der Waals surface area contributed by atoms with Gasteiger partial charge in [0.2, 0.25) is 0 Å². The number of nitriles is 1. The van der Waals surface area contributed by atoms with Crippen molar-refractivity contribution in [3.05, 3.63) is 86.1 Å². The molecule has 4 rings (SSSR count). The monoisotopic (exact) mass is 517 g/mol. The highest BCUT2D eigenvalue weighted by molar-refractivity contribution is 9.10. The average Bonchev–Trinajstić information content (AvgIpc) is 3.10. The van der Waals surface area contributed by atoms with E-state index in [1.807, 2.05) is 76.2 Å². The van der Waals surface area contributed by atoms with Crippen molar-refractivity contribution >= 4 is 33.0 Å². The van der Waals surface area contributed by atoms with E-state index >= 15 is 0 Å². The predicted octanol–water partition coefficient (Wildman–Crippen LogP) is 5.47. The van der Waals surface area contributed by atoms with Crippen molar-refractivity contribution in [1.29, 1.82) is 5.26 Å². The Hall–Kier alpha value is -3.70. The Labute approximate surface area is 206 Å². The molecule has 0 amide bonds. The van der Waals surface area contributed by atoms with Gasteiger partial charge in [0.15, 0.2) is 6.61 Å². The lowest BCUT2D eigenvalue weighted by Gasteiger charge is -2.12. The zero-order valence-electron chi connectivity index (χ0n) is 19.4. The van der Waals surface area contributed by atoms with Crippen molar-refractivity contribution in [2.75, 3.05) is 6.61 Å². The second kappa shape index (κ2) is 9.65. The van der Waals surface area contributed by atoms with E-state index in [2.05, 4.69) is 25.6 Å². The maximum atomic E-state index is 13.3. The molecule has 0 aliphatic carbocycles. The number of aryl methyl sites for hydroxylation is 1. The first-order chi connectivity index (χ1) is 16.3. The van der Waals surface area contributed by atoms with Crippen molar-refractivity contribution in [1.82, 2.24) is 14.2 Å². The van der Waals surface area contributed by atoms with E-state index in [0.717, 1.165) is 27.1 Å². The highest BCUT2D eigenvalue weighted by Crippen LogP contribution is 2.23. The van der Waals surface area contributed by atoms with Crippen LogP contribution in [0.4, 0.5) is 0 Å². The standard InChI is InChI=1S/C26H24BrN5O2/c1-16(2)25-30-24-10-5-20(27)14-23(24)26(33)32(25)29-15-19-13-17(3)31(18(19)4)21-6-8-22(9-7-21)34-12-11-28/h5-10,13-16H,12H2,1-4H3. The zero-order chi connectivity index (χ0) is 24.4. The number of hydrogen-bond donors (Lipinski definition) is 0. The van der Waals surface area contributed by atoms with Crippen LogP contribution in [0.3, 0.4) is 0 Å². The van der Waals surface area contributed by atoms with Crippen LogP contribution >= 0.6 is 15.9 Å². The molecule has 0 aliphatic rings. The molecule has 0 N–H and O–H groups in total. The zero-order valence-corrected chi connectivity index (χ0v) is 21.0. The lowest BCUT2D eigenvalue weighted by atomic mass is 10.2. The van der Waals surface area contributed by atoms with Gasteiger partial charge >= 0.3 is 0 Å². The molecule has 0 saturated heterocycles. The first kappa shape index (κ1) is 23.5. The van der Waals surface area contributed by atoms with E-state index in [4.69, 9.17) is 15.0 Å². The van der Waals surface area contributed by atoms with Crippen LogP contribution in [0, 0.1) is 25.2 Å². The lowest BCUT2D eigenvalue weighted by Crippen LogP contribution is -2.23. The van der Waals surface area contributed by atoms with Crippen molar-refractivity contribution in [3.8, 4) is 17.5 Å². The van der Waals surface area contributed by atoms with Crippen LogP contribution in [0.2, 0.25) is 0 Å². The van der Waals surface area contributed by atoms with Gasteiger partial charge in [-0.25, -0.2) is 4.98 Å². The van der Waals surface area contributed by atoms with Gasteiger partial charge in [0.25, 0.3) is 5.56 Å². The first-order valence-electron chi connectivity index (χ1n) is 10.9. The van der Waals surface area contributed by atoms with Crippen molar-refractivity contribution in [2.45, 2.75) is 33.6 Å². The minimum Gasteiger partial charge on any atom is -0.479 e. The Kier molecular flexibility index (Phi) is 6.66. The quantitative estimate of drug-likeness (QED) is 0.317. The van der Waals surface area contributed by atoms with Crippen molar-refractivity contribution in [3.63, 3.8) is 0 Å². The fraction of sp³-hybridized carbons (Fsp3) is 0.231. The molecule has 0 bridgehead atoms. The molecule has 0 saturated carbocycles. The van der Waals surface area contributed by atoms with Gasteiger partial charge in [-0.3, -0.25) is 4.79 Å². The molecule has 0 radical (unpaired) electrons. The fourth-order valence-electron chi connectivity index (χ4n) is 3.89. The van der Waals surface area contributed by atoms with Crippen LogP contribution in [-0.2, 0) is 0 Å². The molecular formula is C26H24BrN5O2. The van der Waals surface area contributed by atoms with E-state index < -0.39 is 0 Å². The smallest absolute Gasteiger partial charge is 0.282 e. The Morgan fingerprint density at radius 2 is 1.91 bits per heavy atom. The van der Waals surface area contributed by atoms with Gasteiger partial charge in [0.1, 0.15) is 17.6 Å². The number of halogens is 1. The molecule has 0 atom stereocenters. The molecule has 8 heteroatoms. The highest BCUT2D eigenvalue weighted by Gasteiger charge is 2.15. The maximum absolute atomic E-state index is 13.3. The molecule has 172 valence electrons. The van der Waals surface area contributed by atoms with E-state index in [1.165, 1.54) is 4.68 Å². The van der Waals surface area contributed by atoms with E-state index in [-0.39, 0.29) is 18.1 Å². The van der Waals surface area contributed by atoms with Gasteiger partial charge in [0, 0.05) is 33.0 Å². The number of nitrogens with zero attached hydrogens (tertiary/aromatic N) is 5.